The fraction of sp³-hybridized carbons (Fsp3) is 0.200. The third-order valence-electron chi connectivity index (χ3n) is 4.10. The number of hydrogen-bond acceptors (Lipinski definition) is 6. The number of nitrogen functional groups attached to an aromatic ring is 1. The van der Waals surface area contributed by atoms with E-state index in [1.165, 1.54) is 16.7 Å². The Morgan fingerprint density at radius 1 is 0.962 bits per heavy atom. The molecule has 6 N–H and O–H groups in total. The summed E-state index contributed by atoms with van der Waals surface area (Å²) in [5, 5.41) is 6.58. The topological polar surface area (TPSA) is 102 Å². The second-order valence-corrected chi connectivity index (χ2v) is 6.28. The fourth-order valence-electron chi connectivity index (χ4n) is 2.87. The van der Waals surface area contributed by atoms with Crippen LogP contribution in [0.15, 0.2) is 48.7 Å². The Bertz CT molecular complexity index is 866. The molecule has 0 aliphatic carbocycles. The summed E-state index contributed by atoms with van der Waals surface area (Å²) < 4.78 is 0. The van der Waals surface area contributed by atoms with Gasteiger partial charge in [-0.05, 0) is 73.8 Å². The van der Waals surface area contributed by atoms with Gasteiger partial charge in [0.05, 0.1) is 0 Å². The molecule has 0 fully saturated rings. The van der Waals surface area contributed by atoms with Crippen LogP contribution >= 0.6 is 0 Å². The smallest absolute Gasteiger partial charge is 0.229 e. The summed E-state index contributed by atoms with van der Waals surface area (Å²) in [5.74, 6) is 1.26. The molecule has 1 aromatic heterocycles. The summed E-state index contributed by atoms with van der Waals surface area (Å²) in [6.07, 6.45) is 2.60. The lowest BCUT2D eigenvalue weighted by atomic mass is 10.0. The van der Waals surface area contributed by atoms with Crippen molar-refractivity contribution in [3.63, 3.8) is 0 Å². The summed E-state index contributed by atoms with van der Waals surface area (Å²) in [7, 11) is 0. The van der Waals surface area contributed by atoms with Gasteiger partial charge in [-0.25, -0.2) is 4.98 Å². The van der Waals surface area contributed by atoms with Crippen LogP contribution in [0.2, 0.25) is 0 Å². The molecule has 0 atom stereocenters. The minimum absolute atomic E-state index is 0.523. The highest BCUT2D eigenvalue weighted by Gasteiger charge is 2.07. The van der Waals surface area contributed by atoms with Gasteiger partial charge in [0.25, 0.3) is 0 Å². The van der Waals surface area contributed by atoms with Crippen molar-refractivity contribution < 1.29 is 0 Å². The number of nitrogens with two attached hydrogens (primary N) is 2. The molecular weight excluding hydrogens is 324 g/mol. The third-order valence-corrected chi connectivity index (χ3v) is 4.10. The molecule has 6 nitrogen and oxygen atoms in total. The summed E-state index contributed by atoms with van der Waals surface area (Å²) in [6.45, 7) is 4.83. The summed E-state index contributed by atoms with van der Waals surface area (Å²) >= 11 is 0. The van der Waals surface area contributed by atoms with Gasteiger partial charge in [0.2, 0.25) is 5.95 Å². The zero-order valence-corrected chi connectivity index (χ0v) is 15.1. The molecule has 0 unspecified atom stereocenters. The molecule has 1 heterocycles. The number of nitrogens with zero attached hydrogens (tertiary/aromatic N) is 2. The standard InChI is InChI=1S/C20H24N6/c1-13-11-15(7-9-21)12-14(2)19(13)25-18-8-10-23-20(26-18)24-17-5-3-16(22)4-6-17/h3-6,8,10-12H,7,9,21-22H2,1-2H3,(H2,23,24,25,26). The van der Waals surface area contributed by atoms with Gasteiger partial charge >= 0.3 is 0 Å². The maximum Gasteiger partial charge on any atom is 0.229 e. The normalized spacial score (nSPS) is 10.6. The van der Waals surface area contributed by atoms with Crippen molar-refractivity contribution in [3.05, 3.63) is 65.4 Å². The highest BCUT2D eigenvalue weighted by Crippen LogP contribution is 2.26. The van der Waals surface area contributed by atoms with Gasteiger partial charge in [-0.1, -0.05) is 12.1 Å². The van der Waals surface area contributed by atoms with Crippen LogP contribution in [0.4, 0.5) is 28.8 Å². The zero-order chi connectivity index (χ0) is 18.5. The Kier molecular flexibility index (Phi) is 5.34. The number of hydrogen-bond donors (Lipinski definition) is 4. The first kappa shape index (κ1) is 17.7. The molecule has 0 aliphatic rings. The van der Waals surface area contributed by atoms with E-state index < -0.39 is 0 Å². The largest absolute Gasteiger partial charge is 0.399 e. The molecule has 0 bridgehead atoms. The molecule has 3 aromatic rings. The van der Waals surface area contributed by atoms with Crippen molar-refractivity contribution in [1.82, 2.24) is 9.97 Å². The first-order valence-corrected chi connectivity index (χ1v) is 8.58. The van der Waals surface area contributed by atoms with Crippen LogP contribution < -0.4 is 22.1 Å². The number of nitrogens with one attached hydrogen (secondary N) is 2. The molecule has 134 valence electrons. The molecule has 0 radical (unpaired) electrons. The Labute approximate surface area is 153 Å². The summed E-state index contributed by atoms with van der Waals surface area (Å²) in [4.78, 5) is 8.82. The number of benzene rings is 2. The van der Waals surface area contributed by atoms with Crippen LogP contribution in [-0.2, 0) is 6.42 Å². The van der Waals surface area contributed by atoms with E-state index in [1.807, 2.05) is 30.3 Å². The number of anilines is 5. The molecule has 2 aromatic carbocycles. The minimum atomic E-state index is 0.523. The summed E-state index contributed by atoms with van der Waals surface area (Å²) in [6, 6.07) is 13.6. The van der Waals surface area contributed by atoms with Crippen LogP contribution in [-0.4, -0.2) is 16.5 Å². The molecule has 0 saturated carbocycles. The fourth-order valence-corrected chi connectivity index (χ4v) is 2.87. The van der Waals surface area contributed by atoms with E-state index in [2.05, 4.69) is 46.6 Å². The lowest BCUT2D eigenvalue weighted by Crippen LogP contribution is -2.05. The maximum atomic E-state index is 5.71. The molecule has 0 saturated heterocycles. The molecule has 0 spiro atoms. The average molecular weight is 348 g/mol. The number of aromatic nitrogens is 2. The maximum absolute atomic E-state index is 5.71. The van der Waals surface area contributed by atoms with E-state index >= 15 is 0 Å². The Balaban J connectivity index is 1.79. The van der Waals surface area contributed by atoms with Crippen LogP contribution in [0.3, 0.4) is 0 Å². The Morgan fingerprint density at radius 3 is 2.31 bits per heavy atom. The second kappa shape index (κ2) is 7.84. The molecule has 0 amide bonds. The number of rotatable bonds is 6. The summed E-state index contributed by atoms with van der Waals surface area (Å²) in [5.41, 5.74) is 17.6. The lowest BCUT2D eigenvalue weighted by Gasteiger charge is -2.15. The van der Waals surface area contributed by atoms with Crippen LogP contribution in [0.25, 0.3) is 0 Å². The van der Waals surface area contributed by atoms with Crippen LogP contribution in [0, 0.1) is 13.8 Å². The highest BCUT2D eigenvalue weighted by atomic mass is 15.1. The SMILES string of the molecule is Cc1cc(CCN)cc(C)c1Nc1ccnc(Nc2ccc(N)cc2)n1. The molecule has 6 heteroatoms. The highest BCUT2D eigenvalue weighted by molar-refractivity contribution is 5.66. The predicted octanol–water partition coefficient (Wildman–Crippen LogP) is 3.66. The number of aryl methyl sites for hydroxylation is 2. The van der Waals surface area contributed by atoms with Gasteiger partial charge in [0.15, 0.2) is 0 Å². The van der Waals surface area contributed by atoms with Crippen LogP contribution in [0.5, 0.6) is 0 Å². The first-order chi connectivity index (χ1) is 12.5. The average Bonchev–Trinajstić information content (AvgIpc) is 2.61. The molecule has 0 aliphatic heterocycles. The van der Waals surface area contributed by atoms with E-state index in [1.54, 1.807) is 6.20 Å². The molecular formula is C20H24N6. The van der Waals surface area contributed by atoms with E-state index in [0.717, 1.165) is 29.3 Å². The monoisotopic (exact) mass is 348 g/mol. The van der Waals surface area contributed by atoms with Crippen molar-refractivity contribution >= 4 is 28.8 Å². The lowest BCUT2D eigenvalue weighted by molar-refractivity contribution is 0.964. The Morgan fingerprint density at radius 2 is 1.65 bits per heavy atom. The van der Waals surface area contributed by atoms with E-state index in [0.29, 0.717) is 12.5 Å². The molecule has 3 rings (SSSR count). The van der Waals surface area contributed by atoms with Crippen LogP contribution in [0.1, 0.15) is 16.7 Å². The van der Waals surface area contributed by atoms with Crippen molar-refractivity contribution in [2.45, 2.75) is 20.3 Å². The first-order valence-electron chi connectivity index (χ1n) is 8.58. The van der Waals surface area contributed by atoms with Crippen molar-refractivity contribution in [2.75, 3.05) is 22.9 Å². The molecule has 26 heavy (non-hydrogen) atoms. The van der Waals surface area contributed by atoms with Crippen molar-refractivity contribution in [1.29, 1.82) is 0 Å². The zero-order valence-electron chi connectivity index (χ0n) is 15.1. The predicted molar refractivity (Wildman–Crippen MR) is 108 cm³/mol. The van der Waals surface area contributed by atoms with Gasteiger partial charge in [0, 0.05) is 23.3 Å². The van der Waals surface area contributed by atoms with Gasteiger partial charge < -0.3 is 22.1 Å². The van der Waals surface area contributed by atoms with E-state index in [-0.39, 0.29) is 0 Å². The van der Waals surface area contributed by atoms with Gasteiger partial charge in [0.1, 0.15) is 5.82 Å². The third kappa shape index (κ3) is 4.29. The second-order valence-electron chi connectivity index (χ2n) is 6.28. The van der Waals surface area contributed by atoms with Crippen molar-refractivity contribution in [3.8, 4) is 0 Å². The van der Waals surface area contributed by atoms with Gasteiger partial charge in [-0.2, -0.15) is 4.98 Å². The Hall–Kier alpha value is -3.12. The van der Waals surface area contributed by atoms with Crippen molar-refractivity contribution in [2.24, 2.45) is 5.73 Å². The van der Waals surface area contributed by atoms with Gasteiger partial charge in [-0.15, -0.1) is 0 Å². The van der Waals surface area contributed by atoms with Gasteiger partial charge in [-0.3, -0.25) is 0 Å². The van der Waals surface area contributed by atoms with E-state index in [9.17, 15) is 0 Å². The quantitative estimate of drug-likeness (QED) is 0.507. The minimum Gasteiger partial charge on any atom is -0.399 e. The van der Waals surface area contributed by atoms with E-state index in [4.69, 9.17) is 11.5 Å².